The third-order valence-corrected chi connectivity index (χ3v) is 5.25. The largest absolute Gasteiger partial charge is 0.333 e. The van der Waals surface area contributed by atoms with Crippen molar-refractivity contribution in [3.05, 3.63) is 62.1 Å². The van der Waals surface area contributed by atoms with Crippen LogP contribution in [0, 0.1) is 6.92 Å². The number of hydrogen-bond donors (Lipinski definition) is 0. The number of nitrogens with zero attached hydrogens (tertiary/aromatic N) is 4. The second-order valence-electron chi connectivity index (χ2n) is 6.03. The maximum atomic E-state index is 12.4. The maximum absolute atomic E-state index is 12.4. The minimum Gasteiger partial charge on any atom is -0.333 e. The Hall–Kier alpha value is -2.51. The molecule has 3 heterocycles. The molecule has 1 aliphatic rings. The van der Waals surface area contributed by atoms with Crippen molar-refractivity contribution in [1.29, 1.82) is 0 Å². The van der Waals surface area contributed by atoms with Crippen LogP contribution < -0.4 is 5.56 Å². The van der Waals surface area contributed by atoms with Gasteiger partial charge in [0.05, 0.1) is 16.4 Å². The first-order valence-corrected chi connectivity index (χ1v) is 9.42. The van der Waals surface area contributed by atoms with Gasteiger partial charge in [-0.1, -0.05) is 11.6 Å². The van der Waals surface area contributed by atoms with Crippen molar-refractivity contribution in [3.63, 3.8) is 0 Å². The molecule has 3 aromatic rings. The average Bonchev–Trinajstić information content (AvgIpc) is 3.17. The minimum atomic E-state index is -0.284. The normalized spacial score (nSPS) is 14.5. The van der Waals surface area contributed by atoms with Gasteiger partial charge in [-0.3, -0.25) is 9.59 Å². The maximum Gasteiger partial charge on any atom is 0.280 e. The summed E-state index contributed by atoms with van der Waals surface area (Å²) in [6.45, 7) is 2.89. The van der Waals surface area contributed by atoms with Crippen LogP contribution in [0.5, 0.6) is 0 Å². The number of carbonyl (C=O) groups is 1. The highest BCUT2D eigenvalue weighted by Gasteiger charge is 2.22. The Morgan fingerprint density at radius 1 is 1.35 bits per heavy atom. The van der Waals surface area contributed by atoms with E-state index in [-0.39, 0.29) is 11.5 Å². The summed E-state index contributed by atoms with van der Waals surface area (Å²) in [5, 5.41) is 2.75. The fraction of sp³-hybridized carbons (Fsp3) is 0.222. The molecule has 26 heavy (non-hydrogen) atoms. The fourth-order valence-corrected chi connectivity index (χ4v) is 3.89. The highest BCUT2D eigenvalue weighted by atomic mass is 35.5. The first kappa shape index (κ1) is 16.9. The van der Waals surface area contributed by atoms with Gasteiger partial charge < -0.3 is 9.47 Å². The van der Waals surface area contributed by atoms with E-state index in [1.165, 1.54) is 11.3 Å². The number of benzene rings is 1. The summed E-state index contributed by atoms with van der Waals surface area (Å²) in [5.74, 6) is 0.559. The van der Waals surface area contributed by atoms with E-state index in [2.05, 4.69) is 9.97 Å². The van der Waals surface area contributed by atoms with Crippen LogP contribution in [0.2, 0.25) is 5.02 Å². The smallest absolute Gasteiger partial charge is 0.280 e. The van der Waals surface area contributed by atoms with Gasteiger partial charge >= 0.3 is 0 Å². The van der Waals surface area contributed by atoms with Gasteiger partial charge in [-0.2, -0.15) is 4.98 Å². The zero-order valence-corrected chi connectivity index (χ0v) is 15.5. The molecule has 132 valence electrons. The molecule has 6 nitrogen and oxygen atoms in total. The molecule has 0 atom stereocenters. The number of thiazole rings is 1. The Morgan fingerprint density at radius 3 is 2.88 bits per heavy atom. The fourth-order valence-electron chi connectivity index (χ4n) is 3.19. The molecule has 0 bridgehead atoms. The Kier molecular flexibility index (Phi) is 4.34. The Morgan fingerprint density at radius 2 is 2.19 bits per heavy atom. The second-order valence-corrected chi connectivity index (χ2v) is 7.19. The molecule has 0 radical (unpaired) electrons. The van der Waals surface area contributed by atoms with E-state index in [0.29, 0.717) is 41.4 Å². The first-order chi connectivity index (χ1) is 12.5. The van der Waals surface area contributed by atoms with Crippen LogP contribution in [0.1, 0.15) is 22.7 Å². The van der Waals surface area contributed by atoms with Crippen LogP contribution in [0.15, 0.2) is 40.0 Å². The molecular weight excluding hydrogens is 372 g/mol. The number of aryl methyl sites for hydroxylation is 1. The molecule has 0 spiro atoms. The van der Waals surface area contributed by atoms with Gasteiger partial charge in [0.15, 0.2) is 0 Å². The molecule has 1 aromatic carbocycles. The third kappa shape index (κ3) is 2.93. The lowest BCUT2D eigenvalue weighted by Gasteiger charge is -2.28. The molecule has 4 rings (SSSR count). The Balaban J connectivity index is 1.71. The lowest BCUT2D eigenvalue weighted by Crippen LogP contribution is -2.35. The van der Waals surface area contributed by atoms with Crippen molar-refractivity contribution in [2.75, 3.05) is 13.1 Å². The topological polar surface area (TPSA) is 68.1 Å². The van der Waals surface area contributed by atoms with E-state index < -0.39 is 0 Å². The molecule has 2 aromatic heterocycles. The highest BCUT2D eigenvalue weighted by Crippen LogP contribution is 2.24. The molecule has 0 aliphatic carbocycles. The number of halogens is 1. The number of carbonyl (C=O) groups excluding carboxylic acids is 1. The van der Waals surface area contributed by atoms with Gasteiger partial charge in [0.25, 0.3) is 11.5 Å². The number of fused-ring (bicyclic) bond motifs is 1. The van der Waals surface area contributed by atoms with Gasteiger partial charge in [0.1, 0.15) is 11.5 Å². The predicted octanol–water partition coefficient (Wildman–Crippen LogP) is 3.20. The highest BCUT2D eigenvalue weighted by molar-refractivity contribution is 7.07. The van der Waals surface area contributed by atoms with Crippen LogP contribution in [-0.4, -0.2) is 38.4 Å². The Labute approximate surface area is 158 Å². The Bertz CT molecular complexity index is 1090. The molecule has 0 saturated carbocycles. The van der Waals surface area contributed by atoms with Gasteiger partial charge in [-0.15, -0.1) is 11.3 Å². The van der Waals surface area contributed by atoms with Crippen molar-refractivity contribution in [3.8, 4) is 0 Å². The third-order valence-electron chi connectivity index (χ3n) is 4.43. The lowest BCUT2D eigenvalue weighted by molar-refractivity contribution is 0.0767. The molecule has 0 unspecified atom stereocenters. The number of rotatable bonds is 2. The summed E-state index contributed by atoms with van der Waals surface area (Å²) >= 11 is 7.44. The summed E-state index contributed by atoms with van der Waals surface area (Å²) in [5.41, 5.74) is 3.65. The van der Waals surface area contributed by atoms with Crippen molar-refractivity contribution in [1.82, 2.24) is 19.4 Å². The minimum absolute atomic E-state index is 0.0621. The van der Waals surface area contributed by atoms with Gasteiger partial charge in [0.2, 0.25) is 0 Å². The van der Waals surface area contributed by atoms with Crippen molar-refractivity contribution < 1.29 is 4.79 Å². The van der Waals surface area contributed by atoms with Crippen LogP contribution in [0.25, 0.3) is 16.6 Å². The predicted molar refractivity (Wildman–Crippen MR) is 103 cm³/mol. The monoisotopic (exact) mass is 386 g/mol. The summed E-state index contributed by atoms with van der Waals surface area (Å²) < 4.78 is 1.97. The van der Waals surface area contributed by atoms with Crippen LogP contribution >= 0.6 is 22.9 Å². The van der Waals surface area contributed by atoms with Gasteiger partial charge in [-0.25, -0.2) is 4.98 Å². The number of hydrogen-bond acceptors (Lipinski definition) is 5. The van der Waals surface area contributed by atoms with E-state index in [1.54, 1.807) is 27.9 Å². The van der Waals surface area contributed by atoms with Gasteiger partial charge in [0, 0.05) is 35.6 Å². The average molecular weight is 387 g/mol. The standard InChI is InChI=1S/C18H15ClN4O2S/c1-11-21-17(24)14-8-12(19)2-3-16(14)23(11)13-4-6-22(7-5-13)18(25)15-9-26-10-20-15/h2-4,8-10H,5-7H2,1H3. The molecule has 1 amide bonds. The van der Waals surface area contributed by atoms with Crippen molar-refractivity contribution in [2.45, 2.75) is 13.3 Å². The number of aromatic nitrogens is 3. The van der Waals surface area contributed by atoms with Crippen molar-refractivity contribution >= 4 is 45.4 Å². The van der Waals surface area contributed by atoms with E-state index in [4.69, 9.17) is 11.6 Å². The first-order valence-electron chi connectivity index (χ1n) is 8.10. The van der Waals surface area contributed by atoms with Crippen LogP contribution in [0.4, 0.5) is 0 Å². The molecule has 0 fully saturated rings. The molecule has 0 saturated heterocycles. The van der Waals surface area contributed by atoms with E-state index >= 15 is 0 Å². The zero-order valence-electron chi connectivity index (χ0n) is 14.0. The summed E-state index contributed by atoms with van der Waals surface area (Å²) in [7, 11) is 0. The zero-order chi connectivity index (χ0) is 18.3. The van der Waals surface area contributed by atoms with Crippen LogP contribution in [-0.2, 0) is 0 Å². The SMILES string of the molecule is Cc1nc(=O)c2cc(Cl)ccc2n1C1=CCN(C(=O)c2cscn2)CC1. The molecule has 0 N–H and O–H groups in total. The summed E-state index contributed by atoms with van der Waals surface area (Å²) in [6, 6.07) is 5.24. The second kappa shape index (κ2) is 6.66. The molecular formula is C18H15ClN4O2S. The molecule has 1 aliphatic heterocycles. The lowest BCUT2D eigenvalue weighted by atomic mass is 10.1. The number of amides is 1. The molecule has 8 heteroatoms. The van der Waals surface area contributed by atoms with E-state index in [1.807, 2.05) is 23.6 Å². The van der Waals surface area contributed by atoms with Crippen LogP contribution in [0.3, 0.4) is 0 Å². The van der Waals surface area contributed by atoms with E-state index in [9.17, 15) is 9.59 Å². The van der Waals surface area contributed by atoms with Crippen molar-refractivity contribution in [2.24, 2.45) is 0 Å². The van der Waals surface area contributed by atoms with Gasteiger partial charge in [-0.05, 0) is 31.2 Å². The quantitative estimate of drug-likeness (QED) is 0.678. The summed E-state index contributed by atoms with van der Waals surface area (Å²) in [4.78, 5) is 34.6. The van der Waals surface area contributed by atoms with E-state index in [0.717, 1.165) is 11.2 Å². The summed E-state index contributed by atoms with van der Waals surface area (Å²) in [6.07, 6.45) is 2.67.